The summed E-state index contributed by atoms with van der Waals surface area (Å²) in [6.07, 6.45) is 0. The van der Waals surface area contributed by atoms with Gasteiger partial charge in [-0.2, -0.15) is 5.26 Å². The summed E-state index contributed by atoms with van der Waals surface area (Å²) in [6, 6.07) is 14.3. The summed E-state index contributed by atoms with van der Waals surface area (Å²) in [4.78, 5) is 20.9. The van der Waals surface area contributed by atoms with Gasteiger partial charge < -0.3 is 19.4 Å². The highest BCUT2D eigenvalue weighted by Crippen LogP contribution is 2.26. The van der Waals surface area contributed by atoms with Crippen molar-refractivity contribution in [2.24, 2.45) is 0 Å². The van der Waals surface area contributed by atoms with E-state index in [1.165, 1.54) is 0 Å². The highest BCUT2D eigenvalue weighted by Gasteiger charge is 2.23. The van der Waals surface area contributed by atoms with E-state index in [2.05, 4.69) is 31.8 Å². The number of para-hydroxylation sites is 1. The number of aromatic nitrogens is 3. The summed E-state index contributed by atoms with van der Waals surface area (Å²) in [5.74, 6) is 3.48. The maximum Gasteiger partial charge on any atom is 0.147 e. The molecule has 0 spiro atoms. The van der Waals surface area contributed by atoms with Gasteiger partial charge in [-0.1, -0.05) is 18.2 Å². The molecule has 0 N–H and O–H groups in total. The van der Waals surface area contributed by atoms with Crippen LogP contribution in [0.3, 0.4) is 0 Å². The molecule has 2 fully saturated rings. The van der Waals surface area contributed by atoms with Crippen molar-refractivity contribution in [1.82, 2.24) is 15.0 Å². The van der Waals surface area contributed by atoms with E-state index in [0.29, 0.717) is 5.56 Å². The third-order valence-electron chi connectivity index (χ3n) is 5.87. The minimum Gasteiger partial charge on any atom is -0.378 e. The summed E-state index contributed by atoms with van der Waals surface area (Å²) in [5, 5.41) is 10.7. The van der Waals surface area contributed by atoms with Gasteiger partial charge >= 0.3 is 0 Å². The number of rotatable bonds is 3. The average Bonchev–Trinajstić information content (AvgIpc) is 2.83. The number of aryl methyl sites for hydroxylation is 1. The van der Waals surface area contributed by atoms with Crippen molar-refractivity contribution in [3.8, 4) is 6.07 Å². The fraction of sp³-hybridized carbons (Fsp3) is 0.391. The van der Waals surface area contributed by atoms with Crippen molar-refractivity contribution in [1.29, 1.82) is 5.26 Å². The number of hydrogen-bond acceptors (Lipinski definition) is 8. The second kappa shape index (κ2) is 8.36. The van der Waals surface area contributed by atoms with Gasteiger partial charge in [0, 0.05) is 50.7 Å². The maximum absolute atomic E-state index is 9.67. The van der Waals surface area contributed by atoms with Crippen molar-refractivity contribution in [2.75, 3.05) is 67.2 Å². The zero-order valence-electron chi connectivity index (χ0n) is 17.7. The summed E-state index contributed by atoms with van der Waals surface area (Å²) >= 11 is 0. The zero-order valence-corrected chi connectivity index (χ0v) is 17.7. The van der Waals surface area contributed by atoms with Crippen LogP contribution in [0.4, 0.5) is 17.5 Å². The van der Waals surface area contributed by atoms with Gasteiger partial charge in [0.05, 0.1) is 24.3 Å². The van der Waals surface area contributed by atoms with Crippen LogP contribution in [-0.4, -0.2) is 67.4 Å². The summed E-state index contributed by atoms with van der Waals surface area (Å²) in [6.45, 7) is 8.33. The van der Waals surface area contributed by atoms with Gasteiger partial charge in [0.2, 0.25) is 0 Å². The van der Waals surface area contributed by atoms with E-state index in [4.69, 9.17) is 14.7 Å². The fourth-order valence-corrected chi connectivity index (χ4v) is 4.23. The molecule has 2 aliphatic heterocycles. The molecule has 8 nitrogen and oxygen atoms in total. The van der Waals surface area contributed by atoms with Crippen LogP contribution < -0.4 is 14.7 Å². The van der Waals surface area contributed by atoms with Crippen molar-refractivity contribution < 1.29 is 4.74 Å². The van der Waals surface area contributed by atoms with Gasteiger partial charge in [-0.15, -0.1) is 0 Å². The van der Waals surface area contributed by atoms with Crippen LogP contribution in [0.2, 0.25) is 0 Å². The molecule has 8 heteroatoms. The molecule has 158 valence electrons. The van der Waals surface area contributed by atoms with Crippen LogP contribution in [0, 0.1) is 18.3 Å². The molecule has 0 amide bonds. The normalized spacial score (nSPS) is 17.1. The first-order valence-corrected chi connectivity index (χ1v) is 10.7. The van der Waals surface area contributed by atoms with Crippen LogP contribution in [0.1, 0.15) is 11.4 Å². The van der Waals surface area contributed by atoms with Gasteiger partial charge in [-0.25, -0.2) is 15.0 Å². The Hall–Kier alpha value is -3.44. The minimum atomic E-state index is 0.625. The predicted molar refractivity (Wildman–Crippen MR) is 121 cm³/mol. The number of morpholine rings is 1. The topological polar surface area (TPSA) is 81.4 Å². The van der Waals surface area contributed by atoms with E-state index in [1.54, 1.807) is 0 Å². The van der Waals surface area contributed by atoms with Crippen LogP contribution in [-0.2, 0) is 4.74 Å². The molecule has 5 rings (SSSR count). The molecule has 1 aromatic carbocycles. The lowest BCUT2D eigenvalue weighted by Gasteiger charge is -2.37. The molecule has 0 saturated carbocycles. The van der Waals surface area contributed by atoms with Gasteiger partial charge in [0.15, 0.2) is 0 Å². The van der Waals surface area contributed by atoms with E-state index in [9.17, 15) is 5.26 Å². The van der Waals surface area contributed by atoms with Gasteiger partial charge in [0.1, 0.15) is 29.3 Å². The van der Waals surface area contributed by atoms with Crippen LogP contribution >= 0.6 is 0 Å². The lowest BCUT2D eigenvalue weighted by molar-refractivity contribution is 0.122. The lowest BCUT2D eigenvalue weighted by Crippen LogP contribution is -2.47. The number of anilines is 3. The van der Waals surface area contributed by atoms with Crippen molar-refractivity contribution >= 4 is 28.4 Å². The molecule has 4 heterocycles. The molecular weight excluding hydrogens is 390 g/mol. The SMILES string of the molecule is Cc1nc(N2CCOCC2)cc(N2CCN(c3nc4ccccc4cc3C#N)CC2)n1. The molecule has 2 aliphatic rings. The second-order valence-corrected chi connectivity index (χ2v) is 7.87. The first-order valence-electron chi connectivity index (χ1n) is 10.7. The molecule has 31 heavy (non-hydrogen) atoms. The number of pyridine rings is 1. The monoisotopic (exact) mass is 415 g/mol. The molecule has 3 aromatic rings. The number of nitriles is 1. The second-order valence-electron chi connectivity index (χ2n) is 7.87. The maximum atomic E-state index is 9.67. The minimum absolute atomic E-state index is 0.625. The van der Waals surface area contributed by atoms with E-state index >= 15 is 0 Å². The first kappa shape index (κ1) is 19.5. The standard InChI is InChI=1S/C23H25N7O/c1-17-25-21(15-22(26-17)29-10-12-31-13-11-29)28-6-8-30(9-7-28)23-19(16-24)14-18-4-2-3-5-20(18)27-23/h2-5,14-15H,6-13H2,1H3. The van der Waals surface area contributed by atoms with Gasteiger partial charge in [-0.3, -0.25) is 0 Å². The third-order valence-corrected chi connectivity index (χ3v) is 5.87. The highest BCUT2D eigenvalue weighted by molar-refractivity contribution is 5.83. The van der Waals surface area contributed by atoms with E-state index in [-0.39, 0.29) is 0 Å². The zero-order chi connectivity index (χ0) is 21.2. The first-order chi connectivity index (χ1) is 15.2. The Balaban J connectivity index is 1.35. The molecule has 0 unspecified atom stereocenters. The molecule has 0 atom stereocenters. The number of benzene rings is 1. The summed E-state index contributed by atoms with van der Waals surface area (Å²) in [5.41, 5.74) is 1.54. The number of piperazine rings is 1. The fourth-order valence-electron chi connectivity index (χ4n) is 4.23. The summed E-state index contributed by atoms with van der Waals surface area (Å²) in [7, 11) is 0. The van der Waals surface area contributed by atoms with Gasteiger partial charge in [0.25, 0.3) is 0 Å². The smallest absolute Gasteiger partial charge is 0.147 e. The molecule has 2 aromatic heterocycles. The lowest BCUT2D eigenvalue weighted by atomic mass is 10.1. The Morgan fingerprint density at radius 3 is 2.19 bits per heavy atom. The number of nitrogens with zero attached hydrogens (tertiary/aromatic N) is 7. The van der Waals surface area contributed by atoms with E-state index in [1.807, 2.05) is 37.3 Å². The highest BCUT2D eigenvalue weighted by atomic mass is 16.5. The Morgan fingerprint density at radius 2 is 1.48 bits per heavy atom. The Labute approximate surface area is 181 Å². The quantitative estimate of drug-likeness (QED) is 0.645. The van der Waals surface area contributed by atoms with Crippen LogP contribution in [0.5, 0.6) is 0 Å². The molecule has 0 radical (unpaired) electrons. The van der Waals surface area contributed by atoms with Crippen LogP contribution in [0.25, 0.3) is 10.9 Å². The average molecular weight is 416 g/mol. The van der Waals surface area contributed by atoms with Crippen molar-refractivity contribution in [3.05, 3.63) is 47.8 Å². The van der Waals surface area contributed by atoms with E-state index in [0.717, 1.165) is 86.7 Å². The Bertz CT molecular complexity index is 1130. The molecule has 0 bridgehead atoms. The molecular formula is C23H25N7O. The Morgan fingerprint density at radius 1 is 0.839 bits per heavy atom. The van der Waals surface area contributed by atoms with E-state index < -0.39 is 0 Å². The third kappa shape index (κ3) is 3.97. The predicted octanol–water partition coefficient (Wildman–Crippen LogP) is 2.37. The number of hydrogen-bond donors (Lipinski definition) is 0. The number of ether oxygens (including phenoxy) is 1. The number of fused-ring (bicyclic) bond motifs is 1. The largest absolute Gasteiger partial charge is 0.378 e. The van der Waals surface area contributed by atoms with Gasteiger partial charge in [-0.05, 0) is 19.1 Å². The Kier molecular flexibility index (Phi) is 5.26. The van der Waals surface area contributed by atoms with Crippen LogP contribution in [0.15, 0.2) is 36.4 Å². The molecule has 0 aliphatic carbocycles. The van der Waals surface area contributed by atoms with Crippen molar-refractivity contribution in [3.63, 3.8) is 0 Å². The molecule has 2 saturated heterocycles. The summed E-state index contributed by atoms with van der Waals surface area (Å²) < 4.78 is 5.47. The van der Waals surface area contributed by atoms with Crippen molar-refractivity contribution in [2.45, 2.75) is 6.92 Å².